The number of amides is 1. The number of hydrogen-bond donors (Lipinski definition) is 1. The molecule has 1 rings (SSSR count). The highest BCUT2D eigenvalue weighted by atomic mass is 35.5. The van der Waals surface area contributed by atoms with Crippen LogP contribution in [0.25, 0.3) is 0 Å². The molecule has 0 aliphatic heterocycles. The Balaban J connectivity index is 2.58. The van der Waals surface area contributed by atoms with Gasteiger partial charge in [-0.1, -0.05) is 29.3 Å². The van der Waals surface area contributed by atoms with Crippen LogP contribution in [0.1, 0.15) is 19.4 Å². The molecule has 0 unspecified atom stereocenters. The number of rotatable bonds is 5. The lowest BCUT2D eigenvalue weighted by Gasteiger charge is -2.13. The lowest BCUT2D eigenvalue weighted by atomic mass is 10.1. The zero-order valence-electron chi connectivity index (χ0n) is 10.7. The summed E-state index contributed by atoms with van der Waals surface area (Å²) in [5, 5.41) is 3.47. The van der Waals surface area contributed by atoms with Crippen molar-refractivity contribution < 1.29 is 14.3 Å². The van der Waals surface area contributed by atoms with E-state index in [0.717, 1.165) is 0 Å². The van der Waals surface area contributed by atoms with E-state index in [2.05, 4.69) is 5.32 Å². The van der Waals surface area contributed by atoms with Crippen LogP contribution in [0.4, 0.5) is 0 Å². The minimum Gasteiger partial charge on any atom is -0.452 e. The molecule has 1 atom stereocenters. The van der Waals surface area contributed by atoms with Crippen molar-refractivity contribution >= 4 is 35.1 Å². The summed E-state index contributed by atoms with van der Waals surface area (Å²) >= 11 is 11.7. The van der Waals surface area contributed by atoms with Crippen LogP contribution in [0, 0.1) is 0 Å². The van der Waals surface area contributed by atoms with Gasteiger partial charge in [0.2, 0.25) is 0 Å². The highest BCUT2D eigenvalue weighted by Crippen LogP contribution is 2.21. The third-order valence-corrected chi connectivity index (χ3v) is 2.97. The summed E-state index contributed by atoms with van der Waals surface area (Å²) < 4.78 is 5.01. The zero-order chi connectivity index (χ0) is 14.4. The van der Waals surface area contributed by atoms with Crippen LogP contribution >= 0.6 is 23.2 Å². The molecule has 1 amide bonds. The van der Waals surface area contributed by atoms with Crippen molar-refractivity contribution in [3.05, 3.63) is 33.8 Å². The Bertz CT molecular complexity index is 477. The summed E-state index contributed by atoms with van der Waals surface area (Å²) in [6.07, 6.45) is -0.821. The number of ether oxygens (including phenoxy) is 1. The van der Waals surface area contributed by atoms with E-state index < -0.39 is 12.1 Å². The van der Waals surface area contributed by atoms with E-state index in [4.69, 9.17) is 27.9 Å². The van der Waals surface area contributed by atoms with Gasteiger partial charge in [-0.05, 0) is 31.5 Å². The summed E-state index contributed by atoms with van der Waals surface area (Å²) in [6.45, 7) is 3.80. The second kappa shape index (κ2) is 7.36. The first-order valence-corrected chi connectivity index (χ1v) is 6.60. The van der Waals surface area contributed by atoms with Crippen LogP contribution in [0.3, 0.4) is 0 Å². The Morgan fingerprint density at radius 3 is 2.63 bits per heavy atom. The van der Waals surface area contributed by atoms with Crippen molar-refractivity contribution in [2.45, 2.75) is 26.4 Å². The number of likely N-dealkylation sites (N-methyl/N-ethyl adjacent to an activating group) is 1. The first-order chi connectivity index (χ1) is 8.93. The normalized spacial score (nSPS) is 11.8. The van der Waals surface area contributed by atoms with E-state index in [-0.39, 0.29) is 12.3 Å². The van der Waals surface area contributed by atoms with Gasteiger partial charge in [-0.2, -0.15) is 0 Å². The first kappa shape index (κ1) is 15.8. The van der Waals surface area contributed by atoms with Gasteiger partial charge >= 0.3 is 5.97 Å². The van der Waals surface area contributed by atoms with E-state index in [1.165, 1.54) is 6.92 Å². The van der Waals surface area contributed by atoms with Gasteiger partial charge in [0.25, 0.3) is 5.91 Å². The fourth-order valence-electron chi connectivity index (χ4n) is 1.43. The molecule has 104 valence electrons. The molecule has 0 saturated carbocycles. The molecule has 1 N–H and O–H groups in total. The Hall–Kier alpha value is -1.26. The number of carbonyl (C=O) groups is 2. The smallest absolute Gasteiger partial charge is 0.311 e. The van der Waals surface area contributed by atoms with E-state index in [0.29, 0.717) is 22.2 Å². The summed E-state index contributed by atoms with van der Waals surface area (Å²) in [6, 6.07) is 4.85. The maximum Gasteiger partial charge on any atom is 0.311 e. The van der Waals surface area contributed by atoms with E-state index >= 15 is 0 Å². The van der Waals surface area contributed by atoms with Gasteiger partial charge < -0.3 is 10.1 Å². The standard InChI is InChI=1S/C13H15Cl2NO3/c1-3-16-13(18)8(2)19-12(17)6-9-4-5-10(14)7-11(9)15/h4-5,7-8H,3,6H2,1-2H3,(H,16,18)/t8-/m0/s1. The molecule has 0 heterocycles. The molecule has 1 aromatic rings. The average molecular weight is 304 g/mol. The predicted molar refractivity (Wildman–Crippen MR) is 74.4 cm³/mol. The van der Waals surface area contributed by atoms with Gasteiger partial charge in [0.15, 0.2) is 6.10 Å². The number of hydrogen-bond acceptors (Lipinski definition) is 3. The predicted octanol–water partition coefficient (Wildman–Crippen LogP) is 2.60. The Labute approximate surface area is 122 Å². The topological polar surface area (TPSA) is 55.4 Å². The van der Waals surface area contributed by atoms with E-state index in [1.54, 1.807) is 25.1 Å². The summed E-state index contributed by atoms with van der Waals surface area (Å²) in [5.41, 5.74) is 0.610. The molecule has 19 heavy (non-hydrogen) atoms. The number of carbonyl (C=O) groups excluding carboxylic acids is 2. The van der Waals surface area contributed by atoms with Crippen LogP contribution in [-0.4, -0.2) is 24.5 Å². The highest BCUT2D eigenvalue weighted by molar-refractivity contribution is 6.35. The number of halogens is 2. The molecule has 0 spiro atoms. The Morgan fingerprint density at radius 1 is 1.37 bits per heavy atom. The van der Waals surface area contributed by atoms with Crippen molar-refractivity contribution in [3.63, 3.8) is 0 Å². The van der Waals surface area contributed by atoms with Gasteiger partial charge in [0.05, 0.1) is 6.42 Å². The molecule has 0 aliphatic rings. The number of esters is 1. The summed E-state index contributed by atoms with van der Waals surface area (Å²) in [5.74, 6) is -0.832. The van der Waals surface area contributed by atoms with Crippen molar-refractivity contribution in [2.24, 2.45) is 0 Å². The third kappa shape index (κ3) is 5.09. The largest absolute Gasteiger partial charge is 0.452 e. The molecule has 0 aromatic heterocycles. The second-order valence-electron chi connectivity index (χ2n) is 3.94. The Kier molecular flexibility index (Phi) is 6.12. The number of nitrogens with one attached hydrogen (secondary N) is 1. The molecule has 0 saturated heterocycles. The average Bonchev–Trinajstić information content (AvgIpc) is 2.33. The molecule has 0 radical (unpaired) electrons. The maximum absolute atomic E-state index is 11.7. The second-order valence-corrected chi connectivity index (χ2v) is 4.78. The lowest BCUT2D eigenvalue weighted by molar-refractivity contribution is -0.154. The van der Waals surface area contributed by atoms with Crippen LogP contribution in [0.2, 0.25) is 10.0 Å². The highest BCUT2D eigenvalue weighted by Gasteiger charge is 2.17. The SMILES string of the molecule is CCNC(=O)[C@H](C)OC(=O)Cc1ccc(Cl)cc1Cl. The lowest BCUT2D eigenvalue weighted by Crippen LogP contribution is -2.35. The maximum atomic E-state index is 11.7. The molecule has 0 aliphatic carbocycles. The van der Waals surface area contributed by atoms with E-state index in [9.17, 15) is 9.59 Å². The van der Waals surface area contributed by atoms with Gasteiger partial charge in [-0.3, -0.25) is 9.59 Å². The molecular weight excluding hydrogens is 289 g/mol. The van der Waals surface area contributed by atoms with E-state index in [1.807, 2.05) is 0 Å². The van der Waals surface area contributed by atoms with Crippen LogP contribution in [0.5, 0.6) is 0 Å². The monoisotopic (exact) mass is 303 g/mol. The summed E-state index contributed by atoms with van der Waals surface area (Å²) in [4.78, 5) is 23.1. The van der Waals surface area contributed by atoms with Crippen LogP contribution in [-0.2, 0) is 20.7 Å². The van der Waals surface area contributed by atoms with Crippen molar-refractivity contribution in [2.75, 3.05) is 6.54 Å². The molecule has 0 bridgehead atoms. The quantitative estimate of drug-likeness (QED) is 0.851. The van der Waals surface area contributed by atoms with Crippen molar-refractivity contribution in [3.8, 4) is 0 Å². The molecule has 6 heteroatoms. The van der Waals surface area contributed by atoms with Crippen molar-refractivity contribution in [1.82, 2.24) is 5.32 Å². The third-order valence-electron chi connectivity index (χ3n) is 2.38. The summed E-state index contributed by atoms with van der Waals surface area (Å²) in [7, 11) is 0. The van der Waals surface area contributed by atoms with Gasteiger partial charge in [-0.25, -0.2) is 0 Å². The molecule has 0 fully saturated rings. The fourth-order valence-corrected chi connectivity index (χ4v) is 1.91. The van der Waals surface area contributed by atoms with Crippen LogP contribution < -0.4 is 5.32 Å². The number of benzene rings is 1. The minimum atomic E-state index is -0.821. The first-order valence-electron chi connectivity index (χ1n) is 5.85. The minimum absolute atomic E-state index is 0.000251. The molecule has 1 aromatic carbocycles. The van der Waals surface area contributed by atoms with Crippen molar-refractivity contribution in [1.29, 1.82) is 0 Å². The van der Waals surface area contributed by atoms with Crippen LogP contribution in [0.15, 0.2) is 18.2 Å². The fraction of sp³-hybridized carbons (Fsp3) is 0.385. The van der Waals surface area contributed by atoms with Gasteiger partial charge in [0, 0.05) is 16.6 Å². The zero-order valence-corrected chi connectivity index (χ0v) is 12.2. The molecule has 4 nitrogen and oxygen atoms in total. The Morgan fingerprint density at radius 2 is 2.05 bits per heavy atom. The van der Waals surface area contributed by atoms with Gasteiger partial charge in [0.1, 0.15) is 0 Å². The molecular formula is C13H15Cl2NO3. The van der Waals surface area contributed by atoms with Gasteiger partial charge in [-0.15, -0.1) is 0 Å².